The van der Waals surface area contributed by atoms with E-state index >= 15 is 0 Å². The molecule has 21 heavy (non-hydrogen) atoms. The number of nitrogens with one attached hydrogen (secondary N) is 1. The largest absolute Gasteiger partial charge is 0.480 e. The van der Waals surface area contributed by atoms with Crippen LogP contribution < -0.4 is 10.2 Å². The van der Waals surface area contributed by atoms with Crippen LogP contribution in [0.4, 0.5) is 10.5 Å². The molecule has 0 fully saturated rings. The Balaban J connectivity index is 2.78. The van der Waals surface area contributed by atoms with Crippen LogP contribution in [0.15, 0.2) is 18.2 Å². The number of carboxylic acids is 1. The van der Waals surface area contributed by atoms with Gasteiger partial charge in [0.05, 0.1) is 0 Å². The van der Waals surface area contributed by atoms with Crippen LogP contribution in [0, 0.1) is 13.8 Å². The average molecular weight is 294 g/mol. The summed E-state index contributed by atoms with van der Waals surface area (Å²) in [5.74, 6) is -1.07. The highest BCUT2D eigenvalue weighted by molar-refractivity contribution is 5.94. The minimum absolute atomic E-state index is 0.220. The molecule has 0 aromatic heterocycles. The molecule has 1 rings (SSSR count). The molecule has 0 saturated heterocycles. The molecule has 0 radical (unpaired) electrons. The summed E-state index contributed by atoms with van der Waals surface area (Å²) in [4.78, 5) is 24.7. The molecule has 1 atom stereocenters. The Hall–Kier alpha value is -2.08. The number of rotatable bonds is 6. The molecular weight excluding hydrogens is 272 g/mol. The van der Waals surface area contributed by atoms with E-state index in [-0.39, 0.29) is 13.0 Å². The number of nitrogens with zero attached hydrogens (tertiary/aromatic N) is 1. The first-order chi connectivity index (χ1) is 9.85. The molecule has 2 N–H and O–H groups in total. The lowest BCUT2D eigenvalue weighted by atomic mass is 10.1. The standard InChI is InChI=1S/C15H22N2O4/c1-10-7-11(2)9-12(8-10)17(3)15(20)16-13(14(18)19)5-6-21-4/h7-9,13H,5-6H2,1-4H3,(H,16,20)(H,18,19). The molecule has 2 amide bonds. The molecule has 1 aromatic rings. The number of amides is 2. The summed E-state index contributed by atoms with van der Waals surface area (Å²) < 4.78 is 4.85. The quantitative estimate of drug-likeness (QED) is 0.840. The van der Waals surface area contributed by atoms with E-state index in [1.54, 1.807) is 7.05 Å². The van der Waals surface area contributed by atoms with E-state index in [0.717, 1.165) is 16.8 Å². The predicted molar refractivity (Wildman–Crippen MR) is 80.8 cm³/mol. The van der Waals surface area contributed by atoms with Crippen molar-refractivity contribution >= 4 is 17.7 Å². The highest BCUT2D eigenvalue weighted by Gasteiger charge is 2.22. The Bertz CT molecular complexity index is 496. The minimum Gasteiger partial charge on any atom is -0.480 e. The van der Waals surface area contributed by atoms with Crippen molar-refractivity contribution in [2.45, 2.75) is 26.3 Å². The molecule has 0 heterocycles. The van der Waals surface area contributed by atoms with Gasteiger partial charge in [-0.15, -0.1) is 0 Å². The molecule has 6 nitrogen and oxygen atoms in total. The third-order valence-electron chi connectivity index (χ3n) is 3.10. The van der Waals surface area contributed by atoms with E-state index in [1.807, 2.05) is 32.0 Å². The molecule has 0 aliphatic rings. The Morgan fingerprint density at radius 3 is 2.33 bits per heavy atom. The van der Waals surface area contributed by atoms with Crippen LogP contribution in [0.3, 0.4) is 0 Å². The van der Waals surface area contributed by atoms with Crippen LogP contribution in [0.2, 0.25) is 0 Å². The van der Waals surface area contributed by atoms with Crippen molar-refractivity contribution in [3.63, 3.8) is 0 Å². The van der Waals surface area contributed by atoms with Gasteiger partial charge in [-0.25, -0.2) is 9.59 Å². The van der Waals surface area contributed by atoms with Gasteiger partial charge in [0.25, 0.3) is 0 Å². The maximum absolute atomic E-state index is 12.2. The van der Waals surface area contributed by atoms with E-state index in [0.29, 0.717) is 0 Å². The molecule has 6 heteroatoms. The number of benzene rings is 1. The van der Waals surface area contributed by atoms with Gasteiger partial charge in [-0.05, 0) is 37.1 Å². The first kappa shape index (κ1) is 17.0. The van der Waals surface area contributed by atoms with Gasteiger partial charge in [0.15, 0.2) is 0 Å². The number of carboxylic acid groups (broad SMARTS) is 1. The number of hydrogen-bond donors (Lipinski definition) is 2. The first-order valence-electron chi connectivity index (χ1n) is 6.69. The lowest BCUT2D eigenvalue weighted by molar-refractivity contribution is -0.139. The van der Waals surface area contributed by atoms with Crippen molar-refractivity contribution in [3.8, 4) is 0 Å². The molecule has 116 valence electrons. The van der Waals surface area contributed by atoms with Crippen LogP contribution in [-0.2, 0) is 9.53 Å². The number of carbonyl (C=O) groups excluding carboxylic acids is 1. The van der Waals surface area contributed by atoms with Crippen LogP contribution >= 0.6 is 0 Å². The van der Waals surface area contributed by atoms with E-state index in [1.165, 1.54) is 12.0 Å². The molecule has 1 aromatic carbocycles. The Morgan fingerprint density at radius 2 is 1.86 bits per heavy atom. The number of urea groups is 1. The summed E-state index contributed by atoms with van der Waals surface area (Å²) in [7, 11) is 3.10. The van der Waals surface area contributed by atoms with Gasteiger partial charge in [0.2, 0.25) is 0 Å². The van der Waals surface area contributed by atoms with Gasteiger partial charge in [-0.2, -0.15) is 0 Å². The van der Waals surface area contributed by atoms with Crippen molar-refractivity contribution in [2.75, 3.05) is 25.7 Å². The zero-order valence-electron chi connectivity index (χ0n) is 12.8. The Kier molecular flexibility index (Phi) is 6.17. The normalized spacial score (nSPS) is 11.8. The van der Waals surface area contributed by atoms with Crippen molar-refractivity contribution in [1.29, 1.82) is 0 Å². The molecule has 0 bridgehead atoms. The van der Waals surface area contributed by atoms with Gasteiger partial charge in [-0.3, -0.25) is 4.90 Å². The highest BCUT2D eigenvalue weighted by atomic mass is 16.5. The maximum atomic E-state index is 12.2. The minimum atomic E-state index is -1.07. The summed E-state index contributed by atoms with van der Waals surface area (Å²) in [6.07, 6.45) is 0.220. The molecule has 0 spiro atoms. The number of hydrogen-bond acceptors (Lipinski definition) is 3. The molecule has 1 unspecified atom stereocenters. The maximum Gasteiger partial charge on any atom is 0.326 e. The highest BCUT2D eigenvalue weighted by Crippen LogP contribution is 2.17. The second kappa shape index (κ2) is 7.64. The fourth-order valence-electron chi connectivity index (χ4n) is 2.00. The van der Waals surface area contributed by atoms with Crippen molar-refractivity contribution in [2.24, 2.45) is 0 Å². The molecule has 0 aliphatic heterocycles. The fraction of sp³-hybridized carbons (Fsp3) is 0.467. The lowest BCUT2D eigenvalue weighted by Crippen LogP contribution is -2.47. The van der Waals surface area contributed by atoms with Gasteiger partial charge in [0.1, 0.15) is 6.04 Å². The monoisotopic (exact) mass is 294 g/mol. The van der Waals surface area contributed by atoms with Gasteiger partial charge in [0, 0.05) is 32.9 Å². The third kappa shape index (κ3) is 5.07. The number of aryl methyl sites for hydroxylation is 2. The molecule has 0 aliphatic carbocycles. The zero-order chi connectivity index (χ0) is 16.0. The second-order valence-corrected chi connectivity index (χ2v) is 5.03. The third-order valence-corrected chi connectivity index (χ3v) is 3.10. The first-order valence-corrected chi connectivity index (χ1v) is 6.69. The number of ether oxygens (including phenoxy) is 1. The summed E-state index contributed by atoms with van der Waals surface area (Å²) in [5, 5.41) is 11.6. The van der Waals surface area contributed by atoms with Gasteiger partial charge in [-0.1, -0.05) is 6.07 Å². The van der Waals surface area contributed by atoms with Crippen LogP contribution in [0.25, 0.3) is 0 Å². The van der Waals surface area contributed by atoms with Crippen molar-refractivity contribution < 1.29 is 19.4 Å². The average Bonchev–Trinajstić information content (AvgIpc) is 2.40. The van der Waals surface area contributed by atoms with Crippen molar-refractivity contribution in [3.05, 3.63) is 29.3 Å². The van der Waals surface area contributed by atoms with E-state index in [4.69, 9.17) is 9.84 Å². The summed E-state index contributed by atoms with van der Waals surface area (Å²) in [5.41, 5.74) is 2.80. The zero-order valence-corrected chi connectivity index (χ0v) is 12.8. The van der Waals surface area contributed by atoms with Gasteiger partial charge >= 0.3 is 12.0 Å². The van der Waals surface area contributed by atoms with E-state index < -0.39 is 18.0 Å². The molecular formula is C15H22N2O4. The van der Waals surface area contributed by atoms with Crippen LogP contribution in [0.5, 0.6) is 0 Å². The summed E-state index contributed by atoms with van der Waals surface area (Å²) >= 11 is 0. The predicted octanol–water partition coefficient (Wildman–Crippen LogP) is 1.94. The second-order valence-electron chi connectivity index (χ2n) is 5.03. The summed E-state index contributed by atoms with van der Waals surface area (Å²) in [6.45, 7) is 4.16. The van der Waals surface area contributed by atoms with Gasteiger partial charge < -0.3 is 15.2 Å². The number of aliphatic carboxylic acids is 1. The van der Waals surface area contributed by atoms with Crippen LogP contribution in [-0.4, -0.2) is 43.9 Å². The van der Waals surface area contributed by atoms with Crippen molar-refractivity contribution in [1.82, 2.24) is 5.32 Å². The Labute approximate surface area is 124 Å². The number of methoxy groups -OCH3 is 1. The van der Waals surface area contributed by atoms with E-state index in [9.17, 15) is 9.59 Å². The molecule has 0 saturated carbocycles. The fourth-order valence-corrected chi connectivity index (χ4v) is 2.00. The summed E-state index contributed by atoms with van der Waals surface area (Å²) in [6, 6.07) is 4.33. The SMILES string of the molecule is COCCC(NC(=O)N(C)c1cc(C)cc(C)c1)C(=O)O. The van der Waals surface area contributed by atoms with Crippen LogP contribution in [0.1, 0.15) is 17.5 Å². The number of carbonyl (C=O) groups is 2. The smallest absolute Gasteiger partial charge is 0.326 e. The van der Waals surface area contributed by atoms with E-state index in [2.05, 4.69) is 5.32 Å². The topological polar surface area (TPSA) is 78.9 Å². The lowest BCUT2D eigenvalue weighted by Gasteiger charge is -2.22. The number of anilines is 1. The Morgan fingerprint density at radius 1 is 1.29 bits per heavy atom.